The number of nitrogens with one attached hydrogen (secondary N) is 1. The first-order chi connectivity index (χ1) is 8.04. The minimum atomic E-state index is -0.607. The molecule has 2 nitrogen and oxygen atoms in total. The molecule has 90 valence electrons. The number of benzene rings is 2. The van der Waals surface area contributed by atoms with Crippen LogP contribution in [-0.4, -0.2) is 17.3 Å². The minimum absolute atomic E-state index is 0.607. The lowest BCUT2D eigenvalue weighted by Gasteiger charge is -2.17. The highest BCUT2D eigenvalue weighted by atomic mass is 16.3. The van der Waals surface area contributed by atoms with Crippen molar-refractivity contribution in [1.82, 2.24) is 0 Å². The Labute approximate surface area is 102 Å². The van der Waals surface area contributed by atoms with E-state index in [0.29, 0.717) is 0 Å². The third-order valence-electron chi connectivity index (χ3n) is 2.82. The first-order valence-electron chi connectivity index (χ1n) is 6.00. The molecule has 0 fully saturated rings. The van der Waals surface area contributed by atoms with E-state index in [1.165, 1.54) is 10.8 Å². The number of anilines is 1. The molecule has 0 heterocycles. The summed E-state index contributed by atoms with van der Waals surface area (Å²) in [6.07, 6.45) is 0.736. The van der Waals surface area contributed by atoms with Gasteiger partial charge in [-0.1, -0.05) is 30.3 Å². The first-order valence-corrected chi connectivity index (χ1v) is 6.00. The summed E-state index contributed by atoms with van der Waals surface area (Å²) < 4.78 is 0. The van der Waals surface area contributed by atoms with Crippen LogP contribution in [0.25, 0.3) is 10.8 Å². The Balaban J connectivity index is 2.04. The predicted octanol–water partition coefficient (Wildman–Crippen LogP) is 3.41. The Morgan fingerprint density at radius 3 is 2.47 bits per heavy atom. The lowest BCUT2D eigenvalue weighted by molar-refractivity contribution is 0.0749. The van der Waals surface area contributed by atoms with Gasteiger partial charge in [0.15, 0.2) is 0 Å². The van der Waals surface area contributed by atoms with E-state index in [0.717, 1.165) is 18.7 Å². The molecule has 2 aromatic rings. The number of aliphatic hydroxyl groups is 1. The van der Waals surface area contributed by atoms with Crippen molar-refractivity contribution in [2.75, 3.05) is 11.9 Å². The molecule has 0 aliphatic carbocycles. The Hall–Kier alpha value is -1.54. The molecular weight excluding hydrogens is 210 g/mol. The van der Waals surface area contributed by atoms with Crippen LogP contribution in [0.5, 0.6) is 0 Å². The normalized spacial score (nSPS) is 11.7. The van der Waals surface area contributed by atoms with E-state index < -0.39 is 5.60 Å². The molecule has 0 aromatic heterocycles. The summed E-state index contributed by atoms with van der Waals surface area (Å²) in [6, 6.07) is 14.6. The fraction of sp³-hybridized carbons (Fsp3) is 0.333. The lowest BCUT2D eigenvalue weighted by Crippen LogP contribution is -2.22. The van der Waals surface area contributed by atoms with Crippen LogP contribution in [0, 0.1) is 0 Å². The van der Waals surface area contributed by atoms with E-state index in [-0.39, 0.29) is 0 Å². The molecule has 17 heavy (non-hydrogen) atoms. The Morgan fingerprint density at radius 1 is 1.06 bits per heavy atom. The van der Waals surface area contributed by atoms with Gasteiger partial charge in [0.05, 0.1) is 5.60 Å². The van der Waals surface area contributed by atoms with Crippen molar-refractivity contribution in [2.45, 2.75) is 25.9 Å². The molecule has 0 unspecified atom stereocenters. The van der Waals surface area contributed by atoms with Crippen molar-refractivity contribution in [3.8, 4) is 0 Å². The highest BCUT2D eigenvalue weighted by molar-refractivity contribution is 5.85. The summed E-state index contributed by atoms with van der Waals surface area (Å²) in [6.45, 7) is 4.44. The van der Waals surface area contributed by atoms with E-state index in [4.69, 9.17) is 0 Å². The van der Waals surface area contributed by atoms with Gasteiger partial charge in [-0.2, -0.15) is 0 Å². The summed E-state index contributed by atoms with van der Waals surface area (Å²) in [5.74, 6) is 0. The van der Waals surface area contributed by atoms with Gasteiger partial charge in [-0.15, -0.1) is 0 Å². The molecular formula is C15H19NO. The summed E-state index contributed by atoms with van der Waals surface area (Å²) in [4.78, 5) is 0. The number of rotatable bonds is 4. The third-order valence-corrected chi connectivity index (χ3v) is 2.82. The first kappa shape index (κ1) is 11.9. The monoisotopic (exact) mass is 229 g/mol. The van der Waals surface area contributed by atoms with Gasteiger partial charge < -0.3 is 10.4 Å². The number of hydrogen-bond donors (Lipinski definition) is 2. The van der Waals surface area contributed by atoms with Crippen LogP contribution < -0.4 is 5.32 Å². The molecule has 0 saturated heterocycles. The summed E-state index contributed by atoms with van der Waals surface area (Å²) in [7, 11) is 0. The quantitative estimate of drug-likeness (QED) is 0.842. The van der Waals surface area contributed by atoms with Gasteiger partial charge in [0.2, 0.25) is 0 Å². The number of hydrogen-bond acceptors (Lipinski definition) is 2. The van der Waals surface area contributed by atoms with Crippen LogP contribution in [0.1, 0.15) is 20.3 Å². The number of fused-ring (bicyclic) bond motifs is 1. The van der Waals surface area contributed by atoms with Gasteiger partial charge in [0.1, 0.15) is 0 Å². The molecule has 2 heteroatoms. The van der Waals surface area contributed by atoms with E-state index in [2.05, 4.69) is 35.6 Å². The highest BCUT2D eigenvalue weighted by Gasteiger charge is 2.11. The largest absolute Gasteiger partial charge is 0.390 e. The molecule has 0 amide bonds. The van der Waals surface area contributed by atoms with Crippen LogP contribution in [0.15, 0.2) is 42.5 Å². The zero-order valence-corrected chi connectivity index (χ0v) is 10.4. The van der Waals surface area contributed by atoms with Crippen LogP contribution >= 0.6 is 0 Å². The Morgan fingerprint density at radius 2 is 1.76 bits per heavy atom. The molecule has 0 saturated carbocycles. The molecule has 0 radical (unpaired) electrons. The second kappa shape index (κ2) is 4.76. The van der Waals surface area contributed by atoms with Crippen molar-refractivity contribution in [3.63, 3.8) is 0 Å². The van der Waals surface area contributed by atoms with Crippen molar-refractivity contribution < 1.29 is 5.11 Å². The molecule has 2 aromatic carbocycles. The van der Waals surface area contributed by atoms with Gasteiger partial charge in [-0.05, 0) is 43.2 Å². The van der Waals surface area contributed by atoms with Gasteiger partial charge in [-0.3, -0.25) is 0 Å². The molecule has 0 atom stereocenters. The van der Waals surface area contributed by atoms with Gasteiger partial charge in [-0.25, -0.2) is 0 Å². The van der Waals surface area contributed by atoms with Crippen molar-refractivity contribution >= 4 is 16.5 Å². The van der Waals surface area contributed by atoms with E-state index in [1.807, 2.05) is 26.0 Å². The Bertz CT molecular complexity index is 499. The zero-order chi connectivity index (χ0) is 12.3. The molecule has 0 spiro atoms. The van der Waals surface area contributed by atoms with E-state index in [9.17, 15) is 5.11 Å². The average Bonchev–Trinajstić information content (AvgIpc) is 2.27. The zero-order valence-electron chi connectivity index (χ0n) is 10.4. The smallest absolute Gasteiger partial charge is 0.0608 e. The average molecular weight is 229 g/mol. The summed E-state index contributed by atoms with van der Waals surface area (Å²) >= 11 is 0. The van der Waals surface area contributed by atoms with Crippen LogP contribution in [0.2, 0.25) is 0 Å². The Kier molecular flexibility index (Phi) is 3.34. The second-order valence-corrected chi connectivity index (χ2v) is 5.05. The van der Waals surface area contributed by atoms with E-state index in [1.54, 1.807) is 0 Å². The maximum Gasteiger partial charge on any atom is 0.0608 e. The predicted molar refractivity (Wildman–Crippen MR) is 73.4 cm³/mol. The van der Waals surface area contributed by atoms with E-state index >= 15 is 0 Å². The molecule has 0 aliphatic rings. The summed E-state index contributed by atoms with van der Waals surface area (Å²) in [5, 5.41) is 15.4. The van der Waals surface area contributed by atoms with Crippen molar-refractivity contribution in [1.29, 1.82) is 0 Å². The van der Waals surface area contributed by atoms with Crippen molar-refractivity contribution in [3.05, 3.63) is 42.5 Å². The van der Waals surface area contributed by atoms with Gasteiger partial charge in [0, 0.05) is 12.2 Å². The van der Waals surface area contributed by atoms with Gasteiger partial charge >= 0.3 is 0 Å². The maximum absolute atomic E-state index is 9.63. The highest BCUT2D eigenvalue weighted by Crippen LogP contribution is 2.19. The van der Waals surface area contributed by atoms with Crippen LogP contribution in [0.4, 0.5) is 5.69 Å². The van der Waals surface area contributed by atoms with Crippen molar-refractivity contribution in [2.24, 2.45) is 0 Å². The molecule has 0 aliphatic heterocycles. The maximum atomic E-state index is 9.63. The topological polar surface area (TPSA) is 32.3 Å². The summed E-state index contributed by atoms with van der Waals surface area (Å²) in [5.41, 5.74) is 0.497. The SMILES string of the molecule is CC(C)(O)CCNc1ccc2ccccc2c1. The standard InChI is InChI=1S/C15H19NO/c1-15(2,17)9-10-16-14-8-7-12-5-3-4-6-13(12)11-14/h3-8,11,16-17H,9-10H2,1-2H3. The molecule has 2 rings (SSSR count). The molecule has 2 N–H and O–H groups in total. The van der Waals surface area contributed by atoms with Crippen LogP contribution in [0.3, 0.4) is 0 Å². The molecule has 0 bridgehead atoms. The minimum Gasteiger partial charge on any atom is -0.390 e. The van der Waals surface area contributed by atoms with Gasteiger partial charge in [0.25, 0.3) is 0 Å². The second-order valence-electron chi connectivity index (χ2n) is 5.05. The fourth-order valence-electron chi connectivity index (χ4n) is 1.81. The van der Waals surface area contributed by atoms with Crippen LogP contribution in [-0.2, 0) is 0 Å². The lowest BCUT2D eigenvalue weighted by atomic mass is 10.1. The third kappa shape index (κ3) is 3.46. The fourth-order valence-corrected chi connectivity index (χ4v) is 1.81.